The van der Waals surface area contributed by atoms with Gasteiger partial charge in [0, 0.05) is 10.7 Å². The minimum Gasteiger partial charge on any atom is -0.458 e. The molecule has 0 aliphatic carbocycles. The van der Waals surface area contributed by atoms with Gasteiger partial charge in [-0.15, -0.1) is 0 Å². The second-order valence-corrected chi connectivity index (χ2v) is 3.06. The fraction of sp³-hybridized carbons (Fsp3) is 0.100. The predicted molar refractivity (Wildman–Crippen MR) is 56.3 cm³/mol. The lowest BCUT2D eigenvalue weighted by Crippen LogP contribution is -2.07. The van der Waals surface area contributed by atoms with E-state index in [1.165, 1.54) is 18.2 Å². The molecule has 0 aromatic heterocycles. The molecule has 14 heavy (non-hydrogen) atoms. The summed E-state index contributed by atoms with van der Waals surface area (Å²) in [5, 5.41) is 0.489. The molecule has 0 saturated carbocycles. The molecule has 1 rings (SSSR count). The fourth-order valence-electron chi connectivity index (χ4n) is 0.932. The van der Waals surface area contributed by atoms with Crippen LogP contribution in [0.1, 0.15) is 10.4 Å². The van der Waals surface area contributed by atoms with Gasteiger partial charge in [-0.3, -0.25) is 0 Å². The number of rotatable bonds is 3. The van der Waals surface area contributed by atoms with Crippen molar-refractivity contribution in [2.45, 2.75) is 0 Å². The van der Waals surface area contributed by atoms with Gasteiger partial charge in [0.05, 0.1) is 5.56 Å². The van der Waals surface area contributed by atoms with Gasteiger partial charge in [0.25, 0.3) is 0 Å². The van der Waals surface area contributed by atoms with Crippen molar-refractivity contribution in [3.63, 3.8) is 0 Å². The first kappa shape index (κ1) is 10.6. The van der Waals surface area contributed by atoms with E-state index in [0.717, 1.165) is 0 Å². The molecule has 0 aliphatic heterocycles. The van der Waals surface area contributed by atoms with E-state index in [0.29, 0.717) is 16.3 Å². The number of hydrogen-bond acceptors (Lipinski definition) is 3. The average molecular weight is 212 g/mol. The Balaban J connectivity index is 2.84. The van der Waals surface area contributed by atoms with Gasteiger partial charge in [-0.25, -0.2) is 4.79 Å². The van der Waals surface area contributed by atoms with E-state index in [9.17, 15) is 4.79 Å². The van der Waals surface area contributed by atoms with Crippen LogP contribution in [0.25, 0.3) is 0 Å². The molecule has 0 unspecified atom stereocenters. The molecule has 0 aliphatic rings. The topological polar surface area (TPSA) is 52.3 Å². The van der Waals surface area contributed by atoms with Gasteiger partial charge in [-0.05, 0) is 18.2 Å². The largest absolute Gasteiger partial charge is 0.458 e. The molecule has 2 N–H and O–H groups in total. The van der Waals surface area contributed by atoms with Crippen molar-refractivity contribution in [3.05, 3.63) is 41.4 Å². The summed E-state index contributed by atoms with van der Waals surface area (Å²) in [4.78, 5) is 11.3. The van der Waals surface area contributed by atoms with E-state index in [-0.39, 0.29) is 6.61 Å². The molecule has 0 saturated heterocycles. The number of nitrogen functional groups attached to an aromatic ring is 1. The molecule has 4 heteroatoms. The molecule has 0 atom stereocenters. The molecule has 0 bridgehead atoms. The number of benzene rings is 1. The number of anilines is 1. The first-order valence-corrected chi connectivity index (χ1v) is 4.36. The van der Waals surface area contributed by atoms with Crippen LogP contribution in [0, 0.1) is 0 Å². The monoisotopic (exact) mass is 211 g/mol. The second-order valence-electron chi connectivity index (χ2n) is 2.62. The van der Waals surface area contributed by atoms with E-state index in [1.54, 1.807) is 6.07 Å². The highest BCUT2D eigenvalue weighted by atomic mass is 35.5. The quantitative estimate of drug-likeness (QED) is 0.474. The second kappa shape index (κ2) is 4.67. The van der Waals surface area contributed by atoms with Crippen LogP contribution in [0.15, 0.2) is 30.9 Å². The molecule has 0 amide bonds. The average Bonchev–Trinajstić information content (AvgIpc) is 2.14. The van der Waals surface area contributed by atoms with Crippen LogP contribution in [-0.4, -0.2) is 12.6 Å². The molecular weight excluding hydrogens is 202 g/mol. The normalized spacial score (nSPS) is 9.50. The van der Waals surface area contributed by atoms with Crippen molar-refractivity contribution in [1.82, 2.24) is 0 Å². The third-order valence-electron chi connectivity index (χ3n) is 1.57. The van der Waals surface area contributed by atoms with Crippen molar-refractivity contribution >= 4 is 23.3 Å². The summed E-state index contributed by atoms with van der Waals surface area (Å²) in [7, 11) is 0. The lowest BCUT2D eigenvalue weighted by Gasteiger charge is -2.04. The number of carbonyl (C=O) groups is 1. The fourth-order valence-corrected chi connectivity index (χ4v) is 1.11. The van der Waals surface area contributed by atoms with Crippen LogP contribution in [0.5, 0.6) is 0 Å². The summed E-state index contributed by atoms with van der Waals surface area (Å²) in [6.07, 6.45) is 1.49. The van der Waals surface area contributed by atoms with Gasteiger partial charge in [0.2, 0.25) is 0 Å². The summed E-state index contributed by atoms with van der Waals surface area (Å²) in [6, 6.07) is 4.62. The van der Waals surface area contributed by atoms with Crippen molar-refractivity contribution in [3.8, 4) is 0 Å². The van der Waals surface area contributed by atoms with Crippen LogP contribution in [0.4, 0.5) is 5.69 Å². The van der Waals surface area contributed by atoms with E-state index < -0.39 is 5.97 Å². The SMILES string of the molecule is C=CCOC(=O)c1ccc(Cl)cc1N. The van der Waals surface area contributed by atoms with Gasteiger partial charge in [0.1, 0.15) is 6.61 Å². The number of halogens is 1. The molecule has 74 valence electrons. The third-order valence-corrected chi connectivity index (χ3v) is 1.80. The molecule has 1 aromatic carbocycles. The third kappa shape index (κ3) is 2.50. The standard InChI is InChI=1S/C10H10ClNO2/c1-2-5-14-10(13)8-4-3-7(11)6-9(8)12/h2-4,6H,1,5,12H2. The van der Waals surface area contributed by atoms with Crippen LogP contribution < -0.4 is 5.73 Å². The van der Waals surface area contributed by atoms with Crippen LogP contribution in [0.2, 0.25) is 5.02 Å². The Kier molecular flexibility index (Phi) is 3.54. The maximum absolute atomic E-state index is 11.3. The zero-order valence-corrected chi connectivity index (χ0v) is 8.25. The molecule has 3 nitrogen and oxygen atoms in total. The van der Waals surface area contributed by atoms with Crippen LogP contribution in [-0.2, 0) is 4.74 Å². The van der Waals surface area contributed by atoms with Gasteiger partial charge in [-0.1, -0.05) is 24.3 Å². The lowest BCUT2D eigenvalue weighted by molar-refractivity contribution is 0.0551. The van der Waals surface area contributed by atoms with Gasteiger partial charge in [0.15, 0.2) is 0 Å². The first-order chi connectivity index (χ1) is 6.65. The summed E-state index contributed by atoms with van der Waals surface area (Å²) in [5.41, 5.74) is 6.21. The van der Waals surface area contributed by atoms with E-state index >= 15 is 0 Å². The molecular formula is C10H10ClNO2. The van der Waals surface area contributed by atoms with Crippen LogP contribution in [0.3, 0.4) is 0 Å². The summed E-state index contributed by atoms with van der Waals surface area (Å²) < 4.78 is 4.82. The maximum atomic E-state index is 11.3. The van der Waals surface area contributed by atoms with Crippen molar-refractivity contribution in [1.29, 1.82) is 0 Å². The zero-order chi connectivity index (χ0) is 10.6. The summed E-state index contributed by atoms with van der Waals surface area (Å²) in [6.45, 7) is 3.60. The molecule has 0 radical (unpaired) electrons. The Morgan fingerprint density at radius 1 is 1.64 bits per heavy atom. The smallest absolute Gasteiger partial charge is 0.340 e. The zero-order valence-electron chi connectivity index (χ0n) is 7.50. The molecule has 1 aromatic rings. The molecule has 0 spiro atoms. The van der Waals surface area contributed by atoms with Crippen LogP contribution >= 0.6 is 11.6 Å². The lowest BCUT2D eigenvalue weighted by atomic mass is 10.2. The number of nitrogens with two attached hydrogens (primary N) is 1. The molecule has 0 heterocycles. The van der Waals surface area contributed by atoms with E-state index in [4.69, 9.17) is 22.1 Å². The van der Waals surface area contributed by atoms with Gasteiger partial charge in [-0.2, -0.15) is 0 Å². The number of esters is 1. The molecule has 0 fully saturated rings. The van der Waals surface area contributed by atoms with Crippen molar-refractivity contribution in [2.75, 3.05) is 12.3 Å². The first-order valence-electron chi connectivity index (χ1n) is 3.98. The maximum Gasteiger partial charge on any atom is 0.340 e. The Morgan fingerprint density at radius 3 is 2.93 bits per heavy atom. The Hall–Kier alpha value is -1.48. The highest BCUT2D eigenvalue weighted by Gasteiger charge is 2.10. The highest BCUT2D eigenvalue weighted by Crippen LogP contribution is 2.18. The number of carbonyl (C=O) groups excluding carboxylic acids is 1. The van der Waals surface area contributed by atoms with Crippen molar-refractivity contribution < 1.29 is 9.53 Å². The van der Waals surface area contributed by atoms with Crippen molar-refractivity contribution in [2.24, 2.45) is 0 Å². The predicted octanol–water partition coefficient (Wildman–Crippen LogP) is 2.27. The summed E-state index contributed by atoms with van der Waals surface area (Å²) >= 11 is 5.68. The Bertz CT molecular complexity index is 363. The Morgan fingerprint density at radius 2 is 2.36 bits per heavy atom. The summed E-state index contributed by atoms with van der Waals surface area (Å²) in [5.74, 6) is -0.473. The highest BCUT2D eigenvalue weighted by molar-refractivity contribution is 6.31. The number of hydrogen-bond donors (Lipinski definition) is 1. The minimum absolute atomic E-state index is 0.168. The number of ether oxygens (including phenoxy) is 1. The van der Waals surface area contributed by atoms with E-state index in [2.05, 4.69) is 6.58 Å². The Labute approximate surface area is 87.1 Å². The van der Waals surface area contributed by atoms with Gasteiger partial charge < -0.3 is 10.5 Å². The minimum atomic E-state index is -0.473. The van der Waals surface area contributed by atoms with Gasteiger partial charge >= 0.3 is 5.97 Å². The van der Waals surface area contributed by atoms with E-state index in [1.807, 2.05) is 0 Å².